The molecule has 0 amide bonds. The maximum atomic E-state index is 5.92. The summed E-state index contributed by atoms with van der Waals surface area (Å²) >= 11 is 0. The molecule has 2 N–H and O–H groups in total. The minimum atomic E-state index is 0.558. The van der Waals surface area contributed by atoms with Gasteiger partial charge in [0.25, 0.3) is 0 Å². The van der Waals surface area contributed by atoms with Crippen LogP contribution in [-0.2, 0) is 0 Å². The van der Waals surface area contributed by atoms with E-state index in [2.05, 4.69) is 17.9 Å². The lowest BCUT2D eigenvalue weighted by molar-refractivity contribution is 0.239. The number of piperidine rings is 1. The quantitative estimate of drug-likeness (QED) is 0.679. The molecule has 3 heteroatoms. The van der Waals surface area contributed by atoms with E-state index in [1.54, 1.807) is 0 Å². The van der Waals surface area contributed by atoms with Crippen molar-refractivity contribution >= 4 is 11.4 Å². The summed E-state index contributed by atoms with van der Waals surface area (Å²) in [5.74, 6) is 1.03. The molecule has 3 nitrogen and oxygen atoms in total. The molecule has 2 aliphatic heterocycles. The number of rotatable bonds is 0. The molecule has 1 aromatic carbocycles. The Morgan fingerprint density at radius 3 is 3.12 bits per heavy atom. The first-order valence-electron chi connectivity index (χ1n) is 6.05. The van der Waals surface area contributed by atoms with Crippen molar-refractivity contribution in [1.82, 2.24) is 0 Å². The summed E-state index contributed by atoms with van der Waals surface area (Å²) in [7, 11) is 0. The zero-order valence-electron chi connectivity index (χ0n) is 9.70. The molecule has 1 atom stereocenters. The van der Waals surface area contributed by atoms with E-state index in [1.165, 1.54) is 24.9 Å². The topological polar surface area (TPSA) is 38.5 Å². The molecule has 0 aromatic heterocycles. The predicted octanol–water partition coefficient (Wildman–Crippen LogP) is 2.33. The average Bonchev–Trinajstić information content (AvgIpc) is 2.28. The molecule has 16 heavy (non-hydrogen) atoms. The second-order valence-corrected chi connectivity index (χ2v) is 4.84. The average molecular weight is 218 g/mol. The number of nitrogens with zero attached hydrogens (tertiary/aromatic N) is 1. The number of ether oxygens (including phenoxy) is 1. The van der Waals surface area contributed by atoms with E-state index >= 15 is 0 Å². The molecular formula is C13H18N2O. The molecule has 0 saturated carbocycles. The lowest BCUT2D eigenvalue weighted by atomic mass is 9.99. The summed E-state index contributed by atoms with van der Waals surface area (Å²) < 4.78 is 5.88. The number of fused-ring (bicyclic) bond motifs is 3. The van der Waals surface area contributed by atoms with E-state index in [4.69, 9.17) is 10.5 Å². The lowest BCUT2D eigenvalue weighted by Crippen LogP contribution is -2.46. The second-order valence-electron chi connectivity index (χ2n) is 4.84. The van der Waals surface area contributed by atoms with Gasteiger partial charge < -0.3 is 15.4 Å². The molecular weight excluding hydrogens is 200 g/mol. The molecule has 1 aromatic rings. The van der Waals surface area contributed by atoms with E-state index in [0.29, 0.717) is 6.04 Å². The van der Waals surface area contributed by atoms with E-state index in [-0.39, 0.29) is 0 Å². The number of benzene rings is 1. The smallest absolute Gasteiger partial charge is 0.145 e. The fraction of sp³-hybridized carbons (Fsp3) is 0.538. The maximum absolute atomic E-state index is 5.92. The molecule has 1 fully saturated rings. The Bertz CT molecular complexity index is 417. The van der Waals surface area contributed by atoms with E-state index in [9.17, 15) is 0 Å². The van der Waals surface area contributed by atoms with Crippen molar-refractivity contribution in [1.29, 1.82) is 0 Å². The molecule has 3 rings (SSSR count). The van der Waals surface area contributed by atoms with Gasteiger partial charge >= 0.3 is 0 Å². The van der Waals surface area contributed by atoms with Crippen LogP contribution in [0.4, 0.5) is 11.4 Å². The van der Waals surface area contributed by atoms with Crippen LogP contribution in [0.25, 0.3) is 0 Å². The van der Waals surface area contributed by atoms with E-state index < -0.39 is 0 Å². The van der Waals surface area contributed by atoms with Gasteiger partial charge in [0.15, 0.2) is 0 Å². The Kier molecular flexibility index (Phi) is 2.20. The number of nitrogen functional groups attached to an aromatic ring is 1. The highest BCUT2D eigenvalue weighted by molar-refractivity contribution is 5.69. The number of hydrogen-bond donors (Lipinski definition) is 1. The van der Waals surface area contributed by atoms with Gasteiger partial charge in [-0.15, -0.1) is 0 Å². The largest absolute Gasteiger partial charge is 0.489 e. The predicted molar refractivity (Wildman–Crippen MR) is 66.1 cm³/mol. The molecule has 0 radical (unpaired) electrons. The summed E-state index contributed by atoms with van der Waals surface area (Å²) in [5.41, 5.74) is 9.12. The third-order valence-corrected chi connectivity index (χ3v) is 3.63. The van der Waals surface area contributed by atoms with Crippen LogP contribution in [-0.4, -0.2) is 19.2 Å². The first kappa shape index (κ1) is 9.82. The van der Waals surface area contributed by atoms with Gasteiger partial charge in [0.1, 0.15) is 12.4 Å². The second kappa shape index (κ2) is 3.58. The zero-order valence-corrected chi connectivity index (χ0v) is 9.70. The van der Waals surface area contributed by atoms with Crippen molar-refractivity contribution in [2.75, 3.05) is 23.8 Å². The minimum absolute atomic E-state index is 0.558. The highest BCUT2D eigenvalue weighted by Crippen LogP contribution is 2.40. The monoisotopic (exact) mass is 218 g/mol. The Morgan fingerprint density at radius 2 is 2.25 bits per heavy atom. The van der Waals surface area contributed by atoms with Gasteiger partial charge in [0.05, 0.1) is 11.7 Å². The highest BCUT2D eigenvalue weighted by Gasteiger charge is 2.30. The van der Waals surface area contributed by atoms with Crippen LogP contribution >= 0.6 is 0 Å². The molecule has 1 unspecified atom stereocenters. The van der Waals surface area contributed by atoms with Crippen LogP contribution in [0.2, 0.25) is 0 Å². The fourth-order valence-electron chi connectivity index (χ4n) is 2.85. The normalized spacial score (nSPS) is 23.3. The summed E-state index contributed by atoms with van der Waals surface area (Å²) in [6.45, 7) is 4.04. The van der Waals surface area contributed by atoms with Gasteiger partial charge in [-0.05, 0) is 43.9 Å². The standard InChI is InChI=1S/C13H18N2O/c1-9-6-10(14)7-12-13(9)16-8-11-4-2-3-5-15(11)12/h6-7,11H,2-5,8,14H2,1H3. The van der Waals surface area contributed by atoms with Crippen LogP contribution in [0, 0.1) is 6.92 Å². The Hall–Kier alpha value is -1.38. The van der Waals surface area contributed by atoms with Crippen molar-refractivity contribution in [2.24, 2.45) is 0 Å². The number of aryl methyl sites for hydroxylation is 1. The zero-order chi connectivity index (χ0) is 11.1. The first-order chi connectivity index (χ1) is 7.75. The fourth-order valence-corrected chi connectivity index (χ4v) is 2.85. The Balaban J connectivity index is 2.06. The van der Waals surface area contributed by atoms with Gasteiger partial charge in [-0.1, -0.05) is 0 Å². The molecule has 0 aliphatic carbocycles. The van der Waals surface area contributed by atoms with Gasteiger partial charge in [0, 0.05) is 12.2 Å². The first-order valence-corrected chi connectivity index (χ1v) is 6.05. The third-order valence-electron chi connectivity index (χ3n) is 3.63. The maximum Gasteiger partial charge on any atom is 0.145 e. The third kappa shape index (κ3) is 1.42. The Labute approximate surface area is 96.2 Å². The SMILES string of the molecule is Cc1cc(N)cc2c1OCC1CCCCN21. The molecule has 1 saturated heterocycles. The van der Waals surface area contributed by atoms with Gasteiger partial charge in [-0.2, -0.15) is 0 Å². The minimum Gasteiger partial charge on any atom is -0.489 e. The van der Waals surface area contributed by atoms with Crippen LogP contribution in [0.5, 0.6) is 5.75 Å². The summed E-state index contributed by atoms with van der Waals surface area (Å²) in [4.78, 5) is 2.48. The summed E-state index contributed by atoms with van der Waals surface area (Å²) in [6.07, 6.45) is 3.85. The van der Waals surface area contributed by atoms with Crippen molar-refractivity contribution in [2.45, 2.75) is 32.2 Å². The van der Waals surface area contributed by atoms with Crippen LogP contribution in [0.15, 0.2) is 12.1 Å². The molecule has 2 heterocycles. The van der Waals surface area contributed by atoms with E-state index in [1.807, 2.05) is 6.07 Å². The molecule has 0 bridgehead atoms. The van der Waals surface area contributed by atoms with Gasteiger partial charge in [0.2, 0.25) is 0 Å². The van der Waals surface area contributed by atoms with Crippen molar-refractivity contribution in [3.63, 3.8) is 0 Å². The van der Waals surface area contributed by atoms with Crippen LogP contribution in [0.3, 0.4) is 0 Å². The highest BCUT2D eigenvalue weighted by atomic mass is 16.5. The molecule has 86 valence electrons. The number of hydrogen-bond acceptors (Lipinski definition) is 3. The van der Waals surface area contributed by atoms with E-state index in [0.717, 1.165) is 30.2 Å². The molecule has 2 aliphatic rings. The van der Waals surface area contributed by atoms with Gasteiger partial charge in [-0.3, -0.25) is 0 Å². The summed E-state index contributed by atoms with van der Waals surface area (Å²) in [6, 6.07) is 4.60. The van der Waals surface area contributed by atoms with Gasteiger partial charge in [-0.25, -0.2) is 0 Å². The number of nitrogens with two attached hydrogens (primary N) is 1. The molecule has 0 spiro atoms. The van der Waals surface area contributed by atoms with Crippen molar-refractivity contribution < 1.29 is 4.74 Å². The Morgan fingerprint density at radius 1 is 1.38 bits per heavy atom. The lowest BCUT2D eigenvalue weighted by Gasteiger charge is -2.42. The van der Waals surface area contributed by atoms with Crippen molar-refractivity contribution in [3.05, 3.63) is 17.7 Å². The van der Waals surface area contributed by atoms with Crippen molar-refractivity contribution in [3.8, 4) is 5.75 Å². The van der Waals surface area contributed by atoms with Crippen LogP contribution in [0.1, 0.15) is 24.8 Å². The summed E-state index contributed by atoms with van der Waals surface area (Å²) in [5, 5.41) is 0. The van der Waals surface area contributed by atoms with Crippen LogP contribution < -0.4 is 15.4 Å². The number of anilines is 2.